The number of hydrogen-bond donors (Lipinski definition) is 1. The molecule has 0 spiro atoms. The molecule has 3 nitrogen and oxygen atoms in total. The Morgan fingerprint density at radius 2 is 1.75 bits per heavy atom. The number of hydrogen-bond acceptors (Lipinski definition) is 2. The molecule has 0 unspecified atom stereocenters. The summed E-state index contributed by atoms with van der Waals surface area (Å²) >= 11 is 0. The molecule has 0 aliphatic rings. The van der Waals surface area contributed by atoms with Crippen molar-refractivity contribution in [1.29, 1.82) is 0 Å². The lowest BCUT2D eigenvalue weighted by molar-refractivity contribution is 0.178. The fraction of sp³-hybridized carbons (Fsp3) is 0.889. The SMILES string of the molecule is CC(C)N(CCN[C]=O)C(C)C. The van der Waals surface area contributed by atoms with Gasteiger partial charge in [-0.05, 0) is 27.7 Å². The maximum Gasteiger partial charge on any atom is 0.309 e. The molecule has 12 heavy (non-hydrogen) atoms. The average Bonchev–Trinajstić information content (AvgIpc) is 1.96. The second kappa shape index (κ2) is 6.00. The molecule has 3 heteroatoms. The Morgan fingerprint density at radius 3 is 2.08 bits per heavy atom. The van der Waals surface area contributed by atoms with Crippen LogP contribution in [0.2, 0.25) is 0 Å². The largest absolute Gasteiger partial charge is 0.347 e. The summed E-state index contributed by atoms with van der Waals surface area (Å²) in [6.45, 7) is 10.2. The van der Waals surface area contributed by atoms with E-state index in [-0.39, 0.29) is 0 Å². The second-order valence-electron chi connectivity index (χ2n) is 3.45. The van der Waals surface area contributed by atoms with Gasteiger partial charge in [0.2, 0.25) is 0 Å². The third kappa shape index (κ3) is 4.34. The van der Waals surface area contributed by atoms with Gasteiger partial charge in [-0.1, -0.05) is 0 Å². The van der Waals surface area contributed by atoms with E-state index in [9.17, 15) is 4.79 Å². The van der Waals surface area contributed by atoms with E-state index in [1.54, 1.807) is 6.41 Å². The maximum absolute atomic E-state index is 9.87. The van der Waals surface area contributed by atoms with Crippen LogP contribution in [0.5, 0.6) is 0 Å². The van der Waals surface area contributed by atoms with Crippen molar-refractivity contribution in [2.24, 2.45) is 0 Å². The highest BCUT2D eigenvalue weighted by Crippen LogP contribution is 2.02. The summed E-state index contributed by atoms with van der Waals surface area (Å²) < 4.78 is 0. The summed E-state index contributed by atoms with van der Waals surface area (Å²) in [4.78, 5) is 12.2. The maximum atomic E-state index is 9.87. The van der Waals surface area contributed by atoms with Crippen LogP contribution in [0.25, 0.3) is 0 Å². The first-order valence-electron chi connectivity index (χ1n) is 4.45. The molecule has 0 heterocycles. The van der Waals surface area contributed by atoms with Crippen molar-refractivity contribution in [2.75, 3.05) is 13.1 Å². The number of nitrogens with one attached hydrogen (secondary N) is 1. The van der Waals surface area contributed by atoms with Crippen molar-refractivity contribution in [3.8, 4) is 0 Å². The Bertz CT molecular complexity index is 116. The van der Waals surface area contributed by atoms with Crippen molar-refractivity contribution in [1.82, 2.24) is 10.2 Å². The van der Waals surface area contributed by atoms with Crippen LogP contribution in [0.15, 0.2) is 0 Å². The van der Waals surface area contributed by atoms with E-state index in [1.165, 1.54) is 0 Å². The van der Waals surface area contributed by atoms with Crippen molar-refractivity contribution < 1.29 is 4.79 Å². The van der Waals surface area contributed by atoms with Crippen LogP contribution in [0.1, 0.15) is 27.7 Å². The zero-order valence-electron chi connectivity index (χ0n) is 8.42. The van der Waals surface area contributed by atoms with Crippen molar-refractivity contribution >= 4 is 6.41 Å². The minimum absolute atomic E-state index is 0.526. The normalized spacial score (nSPS) is 11.2. The molecule has 1 N–H and O–H groups in total. The van der Waals surface area contributed by atoms with Crippen LogP contribution in [0.3, 0.4) is 0 Å². The zero-order chi connectivity index (χ0) is 9.56. The molecular weight excluding hydrogens is 152 g/mol. The summed E-state index contributed by atoms with van der Waals surface area (Å²) in [6, 6.07) is 1.05. The van der Waals surface area contributed by atoms with Gasteiger partial charge in [0.05, 0.1) is 0 Å². The highest BCUT2D eigenvalue weighted by Gasteiger charge is 2.11. The molecular formula is C9H19N2O. The van der Waals surface area contributed by atoms with E-state index < -0.39 is 0 Å². The van der Waals surface area contributed by atoms with E-state index in [0.717, 1.165) is 6.54 Å². The molecule has 0 fully saturated rings. The molecule has 1 amide bonds. The Balaban J connectivity index is 3.71. The van der Waals surface area contributed by atoms with Crippen LogP contribution < -0.4 is 5.32 Å². The molecule has 0 saturated carbocycles. The molecule has 0 aromatic rings. The lowest BCUT2D eigenvalue weighted by Crippen LogP contribution is -2.41. The number of rotatable bonds is 6. The van der Waals surface area contributed by atoms with Crippen molar-refractivity contribution in [2.45, 2.75) is 39.8 Å². The fourth-order valence-electron chi connectivity index (χ4n) is 1.35. The third-order valence-corrected chi connectivity index (χ3v) is 1.89. The van der Waals surface area contributed by atoms with Gasteiger partial charge >= 0.3 is 6.41 Å². The first-order valence-corrected chi connectivity index (χ1v) is 4.45. The number of nitrogens with zero attached hydrogens (tertiary/aromatic N) is 1. The molecule has 0 aliphatic carbocycles. The lowest BCUT2D eigenvalue weighted by atomic mass is 10.2. The molecule has 0 aromatic carbocycles. The third-order valence-electron chi connectivity index (χ3n) is 1.89. The van der Waals surface area contributed by atoms with Crippen LogP contribution >= 0.6 is 0 Å². The van der Waals surface area contributed by atoms with Crippen LogP contribution in [0, 0.1) is 0 Å². The average molecular weight is 171 g/mol. The Morgan fingerprint density at radius 1 is 1.25 bits per heavy atom. The Kier molecular flexibility index (Phi) is 5.72. The Hall–Kier alpha value is -0.570. The first kappa shape index (κ1) is 11.4. The van der Waals surface area contributed by atoms with Crippen molar-refractivity contribution in [3.63, 3.8) is 0 Å². The molecule has 0 atom stereocenters. The van der Waals surface area contributed by atoms with E-state index in [2.05, 4.69) is 37.9 Å². The van der Waals surface area contributed by atoms with Crippen LogP contribution in [-0.2, 0) is 4.79 Å². The van der Waals surface area contributed by atoms with Crippen LogP contribution in [0.4, 0.5) is 0 Å². The molecule has 0 bridgehead atoms. The van der Waals surface area contributed by atoms with Gasteiger partial charge < -0.3 is 5.32 Å². The van der Waals surface area contributed by atoms with Gasteiger partial charge in [0.25, 0.3) is 0 Å². The first-order chi connectivity index (χ1) is 5.59. The molecule has 1 radical (unpaired) electrons. The smallest absolute Gasteiger partial charge is 0.309 e. The number of amides is 1. The van der Waals surface area contributed by atoms with Gasteiger partial charge in [-0.2, -0.15) is 0 Å². The van der Waals surface area contributed by atoms with E-state index in [4.69, 9.17) is 0 Å². The highest BCUT2D eigenvalue weighted by atomic mass is 16.1. The molecule has 0 saturated heterocycles. The molecule has 0 rings (SSSR count). The quantitative estimate of drug-likeness (QED) is 0.473. The summed E-state index contributed by atoms with van der Waals surface area (Å²) in [6.07, 6.45) is 1.67. The lowest BCUT2D eigenvalue weighted by Gasteiger charge is -2.30. The summed E-state index contributed by atoms with van der Waals surface area (Å²) in [5, 5.41) is 2.54. The van der Waals surface area contributed by atoms with Gasteiger partial charge in [-0.3, -0.25) is 9.69 Å². The predicted molar refractivity (Wildman–Crippen MR) is 50.7 cm³/mol. The van der Waals surface area contributed by atoms with Crippen molar-refractivity contribution in [3.05, 3.63) is 0 Å². The second-order valence-corrected chi connectivity index (χ2v) is 3.45. The molecule has 71 valence electrons. The van der Waals surface area contributed by atoms with E-state index in [1.807, 2.05) is 0 Å². The van der Waals surface area contributed by atoms with E-state index in [0.29, 0.717) is 18.6 Å². The van der Waals surface area contributed by atoms with Gasteiger partial charge in [0, 0.05) is 25.2 Å². The number of carbonyl (C=O) groups excluding carboxylic acids is 1. The van der Waals surface area contributed by atoms with Crippen LogP contribution in [-0.4, -0.2) is 36.5 Å². The summed E-state index contributed by atoms with van der Waals surface area (Å²) in [5.41, 5.74) is 0. The molecule has 0 aromatic heterocycles. The summed E-state index contributed by atoms with van der Waals surface area (Å²) in [5.74, 6) is 0. The highest BCUT2D eigenvalue weighted by molar-refractivity contribution is 5.46. The monoisotopic (exact) mass is 171 g/mol. The topological polar surface area (TPSA) is 32.3 Å². The standard InChI is InChI=1S/C9H19N2O/c1-8(2)11(9(3)4)6-5-10-7-12/h8-9H,5-6H2,1-4H3,(H,10,12). The summed E-state index contributed by atoms with van der Waals surface area (Å²) in [7, 11) is 0. The molecule has 0 aliphatic heterocycles. The predicted octanol–water partition coefficient (Wildman–Crippen LogP) is 0.762. The minimum atomic E-state index is 0.526. The van der Waals surface area contributed by atoms with Gasteiger partial charge in [0.1, 0.15) is 0 Å². The van der Waals surface area contributed by atoms with E-state index >= 15 is 0 Å². The van der Waals surface area contributed by atoms with Gasteiger partial charge in [-0.15, -0.1) is 0 Å². The van der Waals surface area contributed by atoms with Gasteiger partial charge in [0.15, 0.2) is 0 Å². The fourth-order valence-corrected chi connectivity index (χ4v) is 1.35. The van der Waals surface area contributed by atoms with Gasteiger partial charge in [-0.25, -0.2) is 0 Å². The minimum Gasteiger partial charge on any atom is -0.347 e. The Labute approximate surface area is 75.1 Å². The zero-order valence-corrected chi connectivity index (χ0v) is 8.42.